The predicted octanol–water partition coefficient (Wildman–Crippen LogP) is 4.47. The predicted molar refractivity (Wildman–Crippen MR) is 69.7 cm³/mol. The number of allylic oxidation sites excluding steroid dienone is 2. The fourth-order valence-electron chi connectivity index (χ4n) is 1.81. The van der Waals surface area contributed by atoms with Gasteiger partial charge in [0.25, 0.3) is 0 Å². The fourth-order valence-corrected chi connectivity index (χ4v) is 32.6. The van der Waals surface area contributed by atoms with Crippen LogP contribution in [-0.2, 0) is 0 Å². The summed E-state index contributed by atoms with van der Waals surface area (Å²) in [6.07, 6.45) is 1.32. The van der Waals surface area contributed by atoms with Crippen molar-refractivity contribution in [3.8, 4) is 0 Å². The van der Waals surface area contributed by atoms with E-state index in [9.17, 15) is 0 Å². The SMILES string of the molecule is CC/[C](=[C](\C)[Sn]([CH3])([CH3])[CH3])[Pb]([CH3])([CH3])[CH3]. The van der Waals surface area contributed by atoms with Crippen LogP contribution in [0.15, 0.2) is 6.72 Å². The van der Waals surface area contributed by atoms with Crippen molar-refractivity contribution in [2.24, 2.45) is 0 Å². The van der Waals surface area contributed by atoms with Crippen molar-refractivity contribution in [2.45, 2.75) is 48.5 Å². The van der Waals surface area contributed by atoms with Crippen LogP contribution in [0.3, 0.4) is 0 Å². The third-order valence-corrected chi connectivity index (χ3v) is 22.8. The summed E-state index contributed by atoms with van der Waals surface area (Å²) in [6, 6.07) is 0. The van der Waals surface area contributed by atoms with E-state index in [2.05, 4.69) is 42.1 Å². The molecule has 0 aromatic carbocycles. The maximum absolute atomic E-state index is 2.56. The van der Waals surface area contributed by atoms with Crippen LogP contribution in [0.1, 0.15) is 20.3 Å². The Morgan fingerprint density at radius 2 is 1.46 bits per heavy atom. The standard InChI is InChI=1S/C5H8.6CH3.Pb.Sn/c1-3-5-4-2;;;;;;;;/h3H2,1-2H3;6*1H3;;. The van der Waals surface area contributed by atoms with Crippen LogP contribution in [0.2, 0.25) is 28.3 Å². The molecule has 0 heterocycles. The topological polar surface area (TPSA) is 0 Å². The zero-order valence-corrected chi connectivity index (χ0v) is 17.4. The molecule has 0 aliphatic heterocycles. The second-order valence-electron chi connectivity index (χ2n) is 5.96. The molecule has 0 aromatic heterocycles. The van der Waals surface area contributed by atoms with E-state index in [0.717, 1.165) is 0 Å². The molecule has 0 amide bonds. The molecule has 0 bridgehead atoms. The summed E-state index contributed by atoms with van der Waals surface area (Å²) < 4.78 is 11.5. The van der Waals surface area contributed by atoms with Gasteiger partial charge in [-0.3, -0.25) is 0 Å². The van der Waals surface area contributed by atoms with Crippen LogP contribution in [0.5, 0.6) is 0 Å². The summed E-state index contributed by atoms with van der Waals surface area (Å²) in [5.74, 6) is 0. The second kappa shape index (κ2) is 4.99. The Kier molecular flexibility index (Phi) is 5.55. The van der Waals surface area contributed by atoms with Crippen molar-refractivity contribution in [2.75, 3.05) is 0 Å². The first-order valence-corrected chi connectivity index (χ1v) is 28.9. The van der Waals surface area contributed by atoms with E-state index in [4.69, 9.17) is 0 Å². The van der Waals surface area contributed by atoms with Gasteiger partial charge in [-0.25, -0.2) is 0 Å². The number of hydrogen-bond donors (Lipinski definition) is 0. The number of hydrogen-bond acceptors (Lipinski definition) is 0. The third-order valence-electron chi connectivity index (χ3n) is 2.84. The van der Waals surface area contributed by atoms with E-state index < -0.39 is 39.5 Å². The van der Waals surface area contributed by atoms with Crippen LogP contribution in [-0.4, -0.2) is 39.5 Å². The first-order valence-electron chi connectivity index (χ1n) is 5.31. The Bertz CT molecular complexity index is 203. The summed E-state index contributed by atoms with van der Waals surface area (Å²) in [5, 5.41) is 0. The van der Waals surface area contributed by atoms with E-state index in [0.29, 0.717) is 0 Å². The molecule has 78 valence electrons. The zero-order chi connectivity index (χ0) is 10.9. The molecule has 0 saturated carbocycles. The molecule has 0 aromatic rings. The molecule has 0 spiro atoms. The van der Waals surface area contributed by atoms with Crippen LogP contribution < -0.4 is 0 Å². The van der Waals surface area contributed by atoms with Crippen molar-refractivity contribution in [3.05, 3.63) is 6.72 Å². The normalized spacial score (nSPS) is 15.7. The summed E-state index contributed by atoms with van der Waals surface area (Å²) in [6.45, 7) is 4.78. The molecule has 0 aliphatic rings. The third kappa shape index (κ3) is 4.67. The molecule has 0 N–H and O–H groups in total. The van der Waals surface area contributed by atoms with E-state index in [1.807, 2.05) is 6.72 Å². The van der Waals surface area contributed by atoms with Crippen molar-refractivity contribution in [1.82, 2.24) is 0 Å². The van der Waals surface area contributed by atoms with Crippen molar-refractivity contribution < 1.29 is 0 Å². The minimum atomic E-state index is -1.87. The zero-order valence-electron chi connectivity index (χ0n) is 10.7. The number of rotatable bonds is 3. The summed E-state index contributed by atoms with van der Waals surface area (Å²) in [4.78, 5) is 7.62. The van der Waals surface area contributed by atoms with Gasteiger partial charge in [-0.15, -0.1) is 0 Å². The molecule has 13 heavy (non-hydrogen) atoms. The van der Waals surface area contributed by atoms with Crippen molar-refractivity contribution in [1.29, 1.82) is 0 Å². The Morgan fingerprint density at radius 3 is 1.54 bits per heavy atom. The van der Waals surface area contributed by atoms with Gasteiger partial charge in [-0.2, -0.15) is 0 Å². The molecular formula is C11H26PbSn. The summed E-state index contributed by atoms with van der Waals surface area (Å²) in [7, 11) is 0. The van der Waals surface area contributed by atoms with Gasteiger partial charge >= 0.3 is 94.8 Å². The monoisotopic (exact) mass is 486 g/mol. The van der Waals surface area contributed by atoms with Crippen LogP contribution in [0.25, 0.3) is 0 Å². The first kappa shape index (κ1) is 14.5. The summed E-state index contributed by atoms with van der Waals surface area (Å²) in [5.41, 5.74) is 0. The molecule has 2 heteroatoms. The average Bonchev–Trinajstić information content (AvgIpc) is 1.83. The molecule has 0 fully saturated rings. The van der Waals surface area contributed by atoms with E-state index >= 15 is 0 Å². The van der Waals surface area contributed by atoms with Gasteiger partial charge in [-0.1, -0.05) is 0 Å². The van der Waals surface area contributed by atoms with Gasteiger partial charge in [0.05, 0.1) is 0 Å². The van der Waals surface area contributed by atoms with Crippen LogP contribution in [0.4, 0.5) is 0 Å². The van der Waals surface area contributed by atoms with Gasteiger partial charge in [0.2, 0.25) is 0 Å². The Labute approximate surface area is 93.7 Å². The van der Waals surface area contributed by atoms with Gasteiger partial charge in [-0.05, 0) is 0 Å². The van der Waals surface area contributed by atoms with Gasteiger partial charge in [0.15, 0.2) is 0 Å². The molecule has 0 atom stereocenters. The first-order chi connectivity index (χ1) is 5.60. The van der Waals surface area contributed by atoms with Crippen molar-refractivity contribution >= 4 is 39.5 Å². The van der Waals surface area contributed by atoms with Crippen LogP contribution in [0, 0.1) is 0 Å². The van der Waals surface area contributed by atoms with Gasteiger partial charge in [0, 0.05) is 0 Å². The molecule has 0 unspecified atom stereocenters. The quantitative estimate of drug-likeness (QED) is 0.519. The molecule has 0 saturated heterocycles. The van der Waals surface area contributed by atoms with E-state index in [1.54, 1.807) is 0 Å². The minimum absolute atomic E-state index is 1.32. The van der Waals surface area contributed by atoms with E-state index in [1.165, 1.54) is 6.42 Å². The molecule has 0 aliphatic carbocycles. The maximum atomic E-state index is 2.56. The molecule has 0 rings (SSSR count). The average molecular weight is 484 g/mol. The second-order valence-corrected chi connectivity index (χ2v) is 40.8. The molecule has 0 radical (unpaired) electrons. The molecular weight excluding hydrogens is 458 g/mol. The Balaban J connectivity index is 5.16. The van der Waals surface area contributed by atoms with Crippen LogP contribution >= 0.6 is 0 Å². The van der Waals surface area contributed by atoms with Gasteiger partial charge < -0.3 is 0 Å². The van der Waals surface area contributed by atoms with E-state index in [-0.39, 0.29) is 0 Å². The summed E-state index contributed by atoms with van der Waals surface area (Å²) >= 11 is -3.60. The Hall–Kier alpha value is 1.46. The van der Waals surface area contributed by atoms with Gasteiger partial charge in [0.1, 0.15) is 0 Å². The molecule has 0 nitrogen and oxygen atoms in total. The fraction of sp³-hybridized carbons (Fsp3) is 0.818. The van der Waals surface area contributed by atoms with Crippen molar-refractivity contribution in [3.63, 3.8) is 0 Å². The Morgan fingerprint density at radius 1 is 1.08 bits per heavy atom.